The van der Waals surface area contributed by atoms with Crippen molar-refractivity contribution in [1.82, 2.24) is 21.3 Å². The van der Waals surface area contributed by atoms with Gasteiger partial charge in [0.25, 0.3) is 0 Å². The summed E-state index contributed by atoms with van der Waals surface area (Å²) in [6.07, 6.45) is 21.0. The fraction of sp³-hybridized carbons (Fsp3) is 0.914. The number of thioether (sulfide) groups is 1. The minimum Gasteiger partial charge on any atom is -0.379 e. The second-order valence-electron chi connectivity index (χ2n) is 12.8. The summed E-state index contributed by atoms with van der Waals surface area (Å²) in [7, 11) is 0. The molecule has 2 rings (SSSR count). The highest BCUT2D eigenvalue weighted by Gasteiger charge is 2.42. The van der Waals surface area contributed by atoms with E-state index >= 15 is 0 Å². The number of unbranched alkanes of at least 4 members (excludes halogenated alkanes) is 12. The van der Waals surface area contributed by atoms with Crippen LogP contribution in [-0.4, -0.2) is 99.4 Å². The van der Waals surface area contributed by atoms with Crippen LogP contribution in [0.1, 0.15) is 122 Å². The maximum atomic E-state index is 12.1. The van der Waals surface area contributed by atoms with Crippen LogP contribution < -0.4 is 21.3 Å². The molecule has 2 fully saturated rings. The van der Waals surface area contributed by atoms with Gasteiger partial charge in [0.1, 0.15) is 0 Å². The maximum Gasteiger partial charge on any atom is 0.315 e. The number of carbonyl (C=O) groups excluding carboxylic acids is 3. The van der Waals surface area contributed by atoms with Crippen molar-refractivity contribution in [3.63, 3.8) is 0 Å². The Morgan fingerprint density at radius 1 is 0.638 bits per heavy atom. The molecule has 0 unspecified atom stereocenters. The van der Waals surface area contributed by atoms with E-state index in [0.717, 1.165) is 56.5 Å². The second kappa shape index (κ2) is 29.7. The molecule has 0 aromatic carbocycles. The average molecular weight is 703 g/mol. The minimum atomic E-state index is -0.0504. The van der Waals surface area contributed by atoms with Gasteiger partial charge in [-0.1, -0.05) is 70.6 Å². The molecule has 0 aromatic heterocycles. The molecule has 2 aliphatic heterocycles. The van der Waals surface area contributed by atoms with Gasteiger partial charge in [-0.15, -0.1) is 0 Å². The standard InChI is InChI=1S/C35H66N4O6S2/c40-32(18-11-9-7-5-3-1-2-4-6-8-10-14-28-46)36-20-15-22-43-24-26-45-27-25-44-23-16-21-37-33(41)19-13-12-17-31-34-30(29-47-31)38-35(42)39-34/h30-31,34,46H,1-29H2,(H,36,40)(H,37,41)(H2,38,39,42)/t30-,31-,34-/m0/s1. The van der Waals surface area contributed by atoms with E-state index in [2.05, 4.69) is 33.9 Å². The third-order valence-corrected chi connectivity index (χ3v) is 10.5. The van der Waals surface area contributed by atoms with Crippen molar-refractivity contribution < 1.29 is 28.6 Å². The van der Waals surface area contributed by atoms with Gasteiger partial charge in [-0.25, -0.2) is 4.79 Å². The van der Waals surface area contributed by atoms with E-state index < -0.39 is 0 Å². The summed E-state index contributed by atoms with van der Waals surface area (Å²) >= 11 is 6.17. The van der Waals surface area contributed by atoms with Gasteiger partial charge in [-0.05, 0) is 44.3 Å². The number of rotatable bonds is 33. The first kappa shape index (κ1) is 42.0. The highest BCUT2D eigenvalue weighted by Crippen LogP contribution is 2.33. The minimum absolute atomic E-state index is 0.0504. The lowest BCUT2D eigenvalue weighted by Gasteiger charge is -2.16. The quantitative estimate of drug-likeness (QED) is 0.0334. The molecule has 274 valence electrons. The molecule has 0 aliphatic carbocycles. The van der Waals surface area contributed by atoms with Crippen molar-refractivity contribution in [2.75, 3.05) is 64.2 Å². The number of urea groups is 1. The zero-order chi connectivity index (χ0) is 33.6. The van der Waals surface area contributed by atoms with Crippen molar-refractivity contribution in [2.24, 2.45) is 0 Å². The van der Waals surface area contributed by atoms with E-state index in [1.54, 1.807) is 0 Å². The summed E-state index contributed by atoms with van der Waals surface area (Å²) in [5.41, 5.74) is 0. The van der Waals surface area contributed by atoms with Gasteiger partial charge in [-0.2, -0.15) is 24.4 Å². The zero-order valence-electron chi connectivity index (χ0n) is 29.0. The zero-order valence-corrected chi connectivity index (χ0v) is 30.8. The molecular weight excluding hydrogens is 637 g/mol. The van der Waals surface area contributed by atoms with Crippen LogP contribution in [-0.2, 0) is 23.8 Å². The van der Waals surface area contributed by atoms with Crippen molar-refractivity contribution in [1.29, 1.82) is 0 Å². The summed E-state index contributed by atoms with van der Waals surface area (Å²) < 4.78 is 16.7. The first-order valence-corrected chi connectivity index (χ1v) is 20.3. The first-order chi connectivity index (χ1) is 23.1. The highest BCUT2D eigenvalue weighted by molar-refractivity contribution is 8.00. The summed E-state index contributed by atoms with van der Waals surface area (Å²) in [5.74, 6) is 2.23. The van der Waals surface area contributed by atoms with E-state index in [1.165, 1.54) is 64.2 Å². The van der Waals surface area contributed by atoms with E-state index in [0.29, 0.717) is 70.8 Å². The van der Waals surface area contributed by atoms with Gasteiger partial charge in [0.2, 0.25) is 11.8 Å². The van der Waals surface area contributed by atoms with Crippen LogP contribution in [0.25, 0.3) is 0 Å². The predicted molar refractivity (Wildman–Crippen MR) is 196 cm³/mol. The molecule has 2 heterocycles. The largest absolute Gasteiger partial charge is 0.379 e. The van der Waals surface area contributed by atoms with Crippen LogP contribution in [0.5, 0.6) is 0 Å². The fourth-order valence-electron chi connectivity index (χ4n) is 5.96. The molecule has 0 bridgehead atoms. The molecule has 0 saturated carbocycles. The number of ether oxygens (including phenoxy) is 3. The molecule has 0 aromatic rings. The molecule has 4 amide bonds. The van der Waals surface area contributed by atoms with E-state index in [4.69, 9.17) is 14.2 Å². The van der Waals surface area contributed by atoms with Crippen LogP contribution in [0.3, 0.4) is 0 Å². The predicted octanol–water partition coefficient (Wildman–Crippen LogP) is 5.78. The number of nitrogens with one attached hydrogen (secondary N) is 4. The number of thiol groups is 1. The highest BCUT2D eigenvalue weighted by atomic mass is 32.2. The Morgan fingerprint density at radius 2 is 1.11 bits per heavy atom. The second-order valence-corrected chi connectivity index (χ2v) is 14.5. The fourth-order valence-corrected chi connectivity index (χ4v) is 7.73. The topological polar surface area (TPSA) is 127 Å². The van der Waals surface area contributed by atoms with Crippen LogP contribution in [0.4, 0.5) is 4.79 Å². The number of hydrogen-bond donors (Lipinski definition) is 5. The summed E-state index contributed by atoms with van der Waals surface area (Å²) in [4.78, 5) is 35.5. The molecule has 2 saturated heterocycles. The van der Waals surface area contributed by atoms with Crippen LogP contribution in [0.2, 0.25) is 0 Å². The first-order valence-electron chi connectivity index (χ1n) is 18.7. The monoisotopic (exact) mass is 702 g/mol. The molecule has 4 N–H and O–H groups in total. The lowest BCUT2D eigenvalue weighted by Crippen LogP contribution is -2.36. The van der Waals surface area contributed by atoms with Gasteiger partial charge < -0.3 is 35.5 Å². The third kappa shape index (κ3) is 22.9. The Labute approximate surface area is 294 Å². The van der Waals surface area contributed by atoms with Gasteiger partial charge in [0.05, 0.1) is 38.5 Å². The molecule has 0 spiro atoms. The Kier molecular flexibility index (Phi) is 26.5. The summed E-state index contributed by atoms with van der Waals surface area (Å²) in [6.45, 7) is 4.57. The number of carbonyl (C=O) groups is 3. The Hall–Kier alpha value is -1.21. The number of amides is 4. The Bertz CT molecular complexity index is 812. The SMILES string of the molecule is O=C(CCCCCCCCCCCCCCS)NCCCOCCOCCOCCCNC(=O)CCCC[C@@H]1SC[C@@H]2NC(=O)N[C@@H]21. The van der Waals surface area contributed by atoms with E-state index in [-0.39, 0.29) is 29.9 Å². The molecule has 12 heteroatoms. The van der Waals surface area contributed by atoms with E-state index in [9.17, 15) is 14.4 Å². The Morgan fingerprint density at radius 3 is 1.64 bits per heavy atom. The van der Waals surface area contributed by atoms with Crippen LogP contribution >= 0.6 is 24.4 Å². The third-order valence-electron chi connectivity index (χ3n) is 8.71. The number of hydrogen-bond acceptors (Lipinski definition) is 8. The molecule has 47 heavy (non-hydrogen) atoms. The summed E-state index contributed by atoms with van der Waals surface area (Å²) in [5, 5.41) is 12.4. The van der Waals surface area contributed by atoms with Crippen LogP contribution in [0.15, 0.2) is 0 Å². The van der Waals surface area contributed by atoms with Crippen LogP contribution in [0, 0.1) is 0 Å². The van der Waals surface area contributed by atoms with Gasteiger partial charge in [0.15, 0.2) is 0 Å². The van der Waals surface area contributed by atoms with Crippen molar-refractivity contribution in [3.05, 3.63) is 0 Å². The molecule has 2 aliphatic rings. The van der Waals surface area contributed by atoms with E-state index in [1.807, 2.05) is 11.8 Å². The Balaban J connectivity index is 1.20. The lowest BCUT2D eigenvalue weighted by atomic mass is 10.0. The smallest absolute Gasteiger partial charge is 0.315 e. The van der Waals surface area contributed by atoms with Crippen molar-refractivity contribution >= 4 is 42.2 Å². The lowest BCUT2D eigenvalue weighted by molar-refractivity contribution is -0.122. The molecule has 10 nitrogen and oxygen atoms in total. The maximum absolute atomic E-state index is 12.1. The number of fused-ring (bicyclic) bond motifs is 1. The van der Waals surface area contributed by atoms with Crippen molar-refractivity contribution in [2.45, 2.75) is 139 Å². The van der Waals surface area contributed by atoms with Crippen molar-refractivity contribution in [3.8, 4) is 0 Å². The van der Waals surface area contributed by atoms with Gasteiger partial charge in [0, 0.05) is 50.1 Å². The van der Waals surface area contributed by atoms with Gasteiger partial charge >= 0.3 is 6.03 Å². The molecular formula is C35H66N4O6S2. The van der Waals surface area contributed by atoms with Gasteiger partial charge in [-0.3, -0.25) is 9.59 Å². The average Bonchev–Trinajstić information content (AvgIpc) is 3.62. The molecule has 3 atom stereocenters. The summed E-state index contributed by atoms with van der Waals surface area (Å²) in [6, 6.07) is 0.443. The molecule has 0 radical (unpaired) electrons. The normalized spacial score (nSPS) is 18.6.